The Kier molecular flexibility index (Phi) is 9.08. The monoisotopic (exact) mass is 624 g/mol. The lowest BCUT2D eigenvalue weighted by molar-refractivity contribution is 0.0478. The third-order valence-corrected chi connectivity index (χ3v) is 8.11. The van der Waals surface area contributed by atoms with E-state index in [4.69, 9.17) is 14.8 Å². The van der Waals surface area contributed by atoms with E-state index in [1.54, 1.807) is 36.7 Å². The highest BCUT2D eigenvalue weighted by Gasteiger charge is 2.24. The van der Waals surface area contributed by atoms with Gasteiger partial charge in [-0.3, -0.25) is 9.67 Å². The van der Waals surface area contributed by atoms with E-state index < -0.39 is 5.60 Å². The number of nitrogens with zero attached hydrogens (tertiary/aromatic N) is 5. The maximum Gasteiger partial charge on any atom is 0.407 e. The number of aryl methyl sites for hydroxylation is 1. The molecule has 0 radical (unpaired) electrons. The molecular weight excluding hydrogens is 586 g/mol. The summed E-state index contributed by atoms with van der Waals surface area (Å²) in [5, 5.41) is 8.72. The van der Waals surface area contributed by atoms with Gasteiger partial charge in [-0.15, -0.1) is 0 Å². The molecule has 238 valence electrons. The van der Waals surface area contributed by atoms with E-state index in [0.29, 0.717) is 17.9 Å². The highest BCUT2D eigenvalue weighted by atomic mass is 19.1. The molecule has 0 unspecified atom stereocenters. The minimum absolute atomic E-state index is 0.114. The average molecular weight is 625 g/mol. The van der Waals surface area contributed by atoms with Gasteiger partial charge in [0.15, 0.2) is 5.65 Å². The zero-order valence-electron chi connectivity index (χ0n) is 26.3. The molecule has 1 saturated heterocycles. The third kappa shape index (κ3) is 7.39. The van der Waals surface area contributed by atoms with Gasteiger partial charge in [0.25, 0.3) is 0 Å². The standard InChI is InChI=1S/C36H38F2N6O2/c1-36(2,3)46-35(45)40-29-15-21-43(22-16-29)19-4-20-44-23-30-31(24-5-9-27(37)10-6-24)32(25-13-17-39-18-14-25)33(41-34(30)42-44)26-7-11-28(38)12-8-26/h5-14,17-18,23,29H,4,15-16,19-22H2,1-3H3,(H,40,45). The van der Waals surface area contributed by atoms with Gasteiger partial charge >= 0.3 is 6.09 Å². The van der Waals surface area contributed by atoms with E-state index in [9.17, 15) is 13.6 Å². The van der Waals surface area contributed by atoms with Gasteiger partial charge in [0, 0.05) is 66.3 Å². The van der Waals surface area contributed by atoms with Crippen molar-refractivity contribution in [2.45, 2.75) is 58.2 Å². The SMILES string of the molecule is CC(C)(C)OC(=O)NC1CCN(CCCn2cc3c(-c4ccc(F)cc4)c(-c4ccncc4)c(-c4ccc(F)cc4)nc3n2)CC1. The van der Waals surface area contributed by atoms with E-state index in [-0.39, 0.29) is 23.8 Å². The summed E-state index contributed by atoms with van der Waals surface area (Å²) in [5.74, 6) is -0.652. The Balaban J connectivity index is 1.26. The van der Waals surface area contributed by atoms with Crippen LogP contribution in [0.15, 0.2) is 79.3 Å². The maximum absolute atomic E-state index is 14.1. The summed E-state index contributed by atoms with van der Waals surface area (Å²) in [5.41, 5.74) is 4.89. The van der Waals surface area contributed by atoms with Crippen LogP contribution in [0.4, 0.5) is 13.6 Å². The molecule has 1 fully saturated rings. The lowest BCUT2D eigenvalue weighted by atomic mass is 9.90. The van der Waals surface area contributed by atoms with Crippen molar-refractivity contribution in [1.29, 1.82) is 0 Å². The summed E-state index contributed by atoms with van der Waals surface area (Å²) < 4.78 is 35.3. The summed E-state index contributed by atoms with van der Waals surface area (Å²) >= 11 is 0. The molecule has 6 rings (SSSR count). The molecule has 1 aliphatic heterocycles. The molecule has 3 aromatic heterocycles. The first kappa shape index (κ1) is 31.3. The molecule has 0 bridgehead atoms. The number of halogens is 2. The largest absolute Gasteiger partial charge is 0.444 e. The number of carbonyl (C=O) groups excluding carboxylic acids is 1. The number of amides is 1. The molecule has 1 N–H and O–H groups in total. The summed E-state index contributed by atoms with van der Waals surface area (Å²) in [6.45, 7) is 8.97. The molecule has 2 aromatic carbocycles. The van der Waals surface area contributed by atoms with E-state index in [1.807, 2.05) is 43.8 Å². The van der Waals surface area contributed by atoms with Gasteiger partial charge in [-0.05, 0) is 106 Å². The minimum Gasteiger partial charge on any atom is -0.444 e. The number of ether oxygens (including phenoxy) is 1. The number of likely N-dealkylation sites (tertiary alicyclic amines) is 1. The molecule has 10 heteroatoms. The Bertz CT molecular complexity index is 1790. The second-order valence-corrected chi connectivity index (χ2v) is 12.7. The van der Waals surface area contributed by atoms with E-state index in [2.05, 4.69) is 15.2 Å². The van der Waals surface area contributed by atoms with Gasteiger partial charge in [0.2, 0.25) is 0 Å². The number of pyridine rings is 2. The van der Waals surface area contributed by atoms with Crippen molar-refractivity contribution in [2.75, 3.05) is 19.6 Å². The lowest BCUT2D eigenvalue weighted by Gasteiger charge is -2.32. The zero-order chi connectivity index (χ0) is 32.3. The van der Waals surface area contributed by atoms with Crippen LogP contribution in [0, 0.1) is 11.6 Å². The third-order valence-electron chi connectivity index (χ3n) is 8.11. The number of rotatable bonds is 8. The predicted molar refractivity (Wildman–Crippen MR) is 175 cm³/mol. The van der Waals surface area contributed by atoms with Crippen molar-refractivity contribution in [3.05, 3.63) is 90.9 Å². The fourth-order valence-corrected chi connectivity index (χ4v) is 5.96. The van der Waals surface area contributed by atoms with Crippen molar-refractivity contribution in [2.24, 2.45) is 0 Å². The fraction of sp³-hybridized carbons (Fsp3) is 0.333. The Morgan fingerprint density at radius 3 is 2.11 bits per heavy atom. The average Bonchev–Trinajstić information content (AvgIpc) is 3.44. The van der Waals surface area contributed by atoms with Crippen LogP contribution in [0.5, 0.6) is 0 Å². The van der Waals surface area contributed by atoms with Gasteiger partial charge < -0.3 is 15.0 Å². The summed E-state index contributed by atoms with van der Waals surface area (Å²) in [6, 6.07) is 16.6. The Labute approximate surface area is 267 Å². The Hall–Kier alpha value is -4.70. The van der Waals surface area contributed by atoms with Gasteiger partial charge in [-0.25, -0.2) is 18.6 Å². The highest BCUT2D eigenvalue weighted by Crippen LogP contribution is 2.43. The molecular formula is C36H38F2N6O2. The second-order valence-electron chi connectivity index (χ2n) is 12.7. The lowest BCUT2D eigenvalue weighted by Crippen LogP contribution is -2.46. The number of hydrogen-bond donors (Lipinski definition) is 1. The van der Waals surface area contributed by atoms with Gasteiger partial charge in [0.05, 0.1) is 5.69 Å². The number of alkyl carbamates (subject to hydrolysis) is 1. The molecule has 0 spiro atoms. The van der Waals surface area contributed by atoms with Crippen LogP contribution in [0.25, 0.3) is 44.5 Å². The first-order chi connectivity index (χ1) is 22.1. The van der Waals surface area contributed by atoms with Crippen LogP contribution in [-0.2, 0) is 11.3 Å². The number of hydrogen-bond acceptors (Lipinski definition) is 6. The topological polar surface area (TPSA) is 85.2 Å². The molecule has 0 aliphatic carbocycles. The van der Waals surface area contributed by atoms with E-state index >= 15 is 0 Å². The maximum atomic E-state index is 14.1. The number of benzene rings is 2. The molecule has 46 heavy (non-hydrogen) atoms. The van der Waals surface area contributed by atoms with Gasteiger partial charge in [0.1, 0.15) is 17.2 Å². The van der Waals surface area contributed by atoms with E-state index in [1.165, 1.54) is 24.3 Å². The quantitative estimate of drug-likeness (QED) is 0.193. The van der Waals surface area contributed by atoms with Crippen molar-refractivity contribution in [3.63, 3.8) is 0 Å². The van der Waals surface area contributed by atoms with Crippen molar-refractivity contribution in [1.82, 2.24) is 30.0 Å². The zero-order valence-corrected chi connectivity index (χ0v) is 26.3. The van der Waals surface area contributed by atoms with Crippen molar-refractivity contribution >= 4 is 17.1 Å². The van der Waals surface area contributed by atoms with Crippen LogP contribution in [0.1, 0.15) is 40.0 Å². The molecule has 1 aliphatic rings. The number of carbonyl (C=O) groups is 1. The predicted octanol–water partition coefficient (Wildman–Crippen LogP) is 7.48. The van der Waals surface area contributed by atoms with Gasteiger partial charge in [-0.2, -0.15) is 5.10 Å². The molecule has 1 amide bonds. The number of piperidine rings is 1. The van der Waals surface area contributed by atoms with Crippen LogP contribution < -0.4 is 5.32 Å². The van der Waals surface area contributed by atoms with E-state index in [0.717, 1.165) is 72.1 Å². The van der Waals surface area contributed by atoms with Gasteiger partial charge in [-0.1, -0.05) is 12.1 Å². The van der Waals surface area contributed by atoms with Crippen molar-refractivity contribution in [3.8, 4) is 33.5 Å². The Morgan fingerprint density at radius 1 is 0.870 bits per heavy atom. The summed E-state index contributed by atoms with van der Waals surface area (Å²) in [6.07, 6.45) is 7.73. The Morgan fingerprint density at radius 2 is 1.48 bits per heavy atom. The normalized spacial score (nSPS) is 14.5. The second kappa shape index (κ2) is 13.3. The van der Waals surface area contributed by atoms with Crippen LogP contribution in [-0.4, -0.2) is 62.0 Å². The number of nitrogens with one attached hydrogen (secondary N) is 1. The molecule has 8 nitrogen and oxygen atoms in total. The summed E-state index contributed by atoms with van der Waals surface area (Å²) in [4.78, 5) is 23.8. The molecule has 0 atom stereocenters. The minimum atomic E-state index is -0.513. The fourth-order valence-electron chi connectivity index (χ4n) is 5.96. The molecule has 5 aromatic rings. The summed E-state index contributed by atoms with van der Waals surface area (Å²) in [7, 11) is 0. The van der Waals surface area contributed by atoms with Crippen LogP contribution in [0.2, 0.25) is 0 Å². The van der Waals surface area contributed by atoms with Crippen molar-refractivity contribution < 1.29 is 18.3 Å². The first-order valence-corrected chi connectivity index (χ1v) is 15.7. The van der Waals surface area contributed by atoms with Crippen LogP contribution >= 0.6 is 0 Å². The highest BCUT2D eigenvalue weighted by molar-refractivity contribution is 6.05. The first-order valence-electron chi connectivity index (χ1n) is 15.7. The van der Waals surface area contributed by atoms with Crippen LogP contribution in [0.3, 0.4) is 0 Å². The molecule has 0 saturated carbocycles. The number of fused-ring (bicyclic) bond motifs is 1. The number of aromatic nitrogens is 4. The smallest absolute Gasteiger partial charge is 0.407 e. The molecule has 4 heterocycles.